The number of thiocarbonyl (C=S) groups is 2. The Hall–Kier alpha value is -6.93. The van der Waals surface area contributed by atoms with E-state index >= 15 is 0 Å². The predicted octanol–water partition coefficient (Wildman–Crippen LogP) is 6.92. The number of rotatable bonds is 12. The molecule has 81 heavy (non-hydrogen) atoms. The van der Waals surface area contributed by atoms with Crippen molar-refractivity contribution < 1.29 is 33.1 Å². The van der Waals surface area contributed by atoms with Gasteiger partial charge in [-0.3, -0.25) is 28.5 Å². The molecule has 2 aliphatic heterocycles. The van der Waals surface area contributed by atoms with Crippen molar-refractivity contribution in [3.05, 3.63) is 130 Å². The molecule has 2 aromatic carbocycles. The van der Waals surface area contributed by atoms with Crippen LogP contribution in [0.5, 0.6) is 0 Å². The van der Waals surface area contributed by atoms with Gasteiger partial charge in [0.15, 0.2) is 0 Å². The molecular weight excluding hydrogens is 1270 g/mol. The number of fused-ring (bicyclic) bond motifs is 2. The van der Waals surface area contributed by atoms with E-state index in [9.17, 15) is 28.0 Å². The number of carbonyl (C=O) groups excluding carboxylic acids is 3. The molecule has 0 radical (unpaired) electrons. The molecule has 0 spiro atoms. The smallest absolute Gasteiger partial charge is 0.325 e. The number of anilines is 2. The van der Waals surface area contributed by atoms with Gasteiger partial charge in [0.25, 0.3) is 0 Å². The Labute approximate surface area is 507 Å². The van der Waals surface area contributed by atoms with Gasteiger partial charge in [0.1, 0.15) is 85.3 Å². The maximum atomic E-state index is 14.4. The van der Waals surface area contributed by atoms with Crippen LogP contribution >= 0.6 is 69.8 Å². The van der Waals surface area contributed by atoms with E-state index in [0.29, 0.717) is 65.7 Å². The topological polar surface area (TPSA) is 293 Å². The molecule has 0 bridgehead atoms. The van der Waals surface area contributed by atoms with Crippen LogP contribution in [0, 0.1) is 13.8 Å². The number of hydrogen-bond acceptors (Lipinski definition) is 17. The number of nitrogens with zero attached hydrogens (tertiary/aromatic N) is 11. The normalized spacial score (nSPS) is 16.0. The van der Waals surface area contributed by atoms with Crippen molar-refractivity contribution in [3.63, 3.8) is 0 Å². The van der Waals surface area contributed by atoms with E-state index in [1.165, 1.54) is 14.3 Å². The number of aliphatic carboxylic acids is 1. The van der Waals surface area contributed by atoms with Crippen molar-refractivity contribution >= 4 is 159 Å². The summed E-state index contributed by atoms with van der Waals surface area (Å²) in [6.07, 6.45) is 4.74. The summed E-state index contributed by atoms with van der Waals surface area (Å²) < 4.78 is 31.3. The first-order valence-corrected chi connectivity index (χ1v) is 27.3. The molecule has 4 atom stereocenters. The van der Waals surface area contributed by atoms with Crippen LogP contribution in [-0.2, 0) is 54.6 Å². The molecule has 424 valence electrons. The highest BCUT2D eigenvalue weighted by Gasteiger charge is 2.40. The molecule has 3 amide bonds. The lowest BCUT2D eigenvalue weighted by Gasteiger charge is -2.23. The third-order valence-electron chi connectivity index (χ3n) is 12.0. The number of carboxylic acid groups (broad SMARTS) is 1. The number of alkyl halides is 2. The Kier molecular flexibility index (Phi) is 23.8. The highest BCUT2D eigenvalue weighted by Crippen LogP contribution is 2.29. The van der Waals surface area contributed by atoms with Crippen molar-refractivity contribution in [3.8, 4) is 22.3 Å². The minimum Gasteiger partial charge on any atom is -0.480 e. The van der Waals surface area contributed by atoms with Gasteiger partial charge < -0.3 is 37.4 Å². The van der Waals surface area contributed by atoms with Gasteiger partial charge in [0.2, 0.25) is 17.7 Å². The molecule has 8 N–H and O–H groups in total. The quantitative estimate of drug-likeness (QED) is 0.0534. The van der Waals surface area contributed by atoms with Gasteiger partial charge >= 0.3 is 5.97 Å². The number of carboxylic acids is 1. The van der Waals surface area contributed by atoms with Crippen LogP contribution in [0.1, 0.15) is 43.3 Å². The van der Waals surface area contributed by atoms with Crippen LogP contribution in [0.25, 0.3) is 44.1 Å². The zero-order valence-electron chi connectivity index (χ0n) is 42.1. The van der Waals surface area contributed by atoms with Crippen LogP contribution in [0.15, 0.2) is 107 Å². The molecule has 30 heteroatoms. The molecule has 8 heterocycles. The lowest BCUT2D eigenvalue weighted by molar-refractivity contribution is -0.138. The zero-order chi connectivity index (χ0) is 57.1. The summed E-state index contributed by atoms with van der Waals surface area (Å²) in [5.74, 6) is -0.0944. The highest BCUT2D eigenvalue weighted by atomic mass is 79.9. The average Bonchev–Trinajstić information content (AvgIpc) is 4.22. The highest BCUT2D eigenvalue weighted by molar-refractivity contribution is 9.10. The van der Waals surface area contributed by atoms with Crippen LogP contribution in [-0.4, -0.2) is 131 Å². The lowest BCUT2D eigenvalue weighted by Crippen LogP contribution is -2.44. The molecule has 10 rings (SSSR count). The zero-order valence-corrected chi connectivity index (χ0v) is 49.5. The number of aryl methyl sites for hydroxylation is 2. The largest absolute Gasteiger partial charge is 0.480 e. The Morgan fingerprint density at radius 2 is 1.15 bits per heavy atom. The first-order valence-electron chi connectivity index (χ1n) is 23.5. The molecule has 2 fully saturated rings. The first kappa shape index (κ1) is 64.9. The van der Waals surface area contributed by atoms with Gasteiger partial charge in [-0.2, -0.15) is 23.7 Å². The van der Waals surface area contributed by atoms with Crippen LogP contribution in [0.4, 0.5) is 20.4 Å². The molecule has 21 nitrogen and oxygen atoms in total. The fraction of sp³-hybridized carbons (Fsp3) is 0.255. The third-order valence-corrected chi connectivity index (χ3v) is 13.2. The van der Waals surface area contributed by atoms with Gasteiger partial charge in [0, 0.05) is 88.4 Å². The van der Waals surface area contributed by atoms with Gasteiger partial charge in [-0.1, -0.05) is 56.1 Å². The first-order chi connectivity index (χ1) is 37.8. The number of likely N-dealkylation sites (tertiary alicyclic amines) is 1. The van der Waals surface area contributed by atoms with Gasteiger partial charge in [-0.05, 0) is 105 Å². The summed E-state index contributed by atoms with van der Waals surface area (Å²) in [4.78, 5) is 75.4. The second kappa shape index (κ2) is 29.7. The number of nitrogens with one attached hydrogen (secondary N) is 3. The average molecular weight is 1330 g/mol. The fourth-order valence-corrected chi connectivity index (χ4v) is 9.32. The second-order valence-electron chi connectivity index (χ2n) is 17.5. The summed E-state index contributed by atoms with van der Waals surface area (Å²) in [7, 11) is 0. The standard InChI is InChI=1S/C25H22BrFN8O2S.C15H13N5O2S.C10H11BrFN3O.CH4.S2.H2S/c1-13-29-9-15(10-30-13)14-5-6-18-17(7-14)23(24(28)38)33-35(18)12-22(36)34-11-16(27)8-19(34)25(37)32-21-4-2-3-20(26)31-21;1-8-17-5-10(6-18-8)9-2-3-12-11(4-9)14(15(16)23)19-20(12)7-13(21)22;11-8-2-1-3-9(14-8)15-10(16)7-4-6(12)5-13-7;;1-2;/h2-7,9-10,16,19H,8,11-12H2,1H3,(H2,28,38)(H,31,32,37);2-6H,7H2,1H3,(H2,16,23)(H,21,22);1-3,6-7,13H,4-5H2,(H,14,15,16);1H4;;1H2/t16-,19+;;6-,7+;;;/m1.1.../s1. The van der Waals surface area contributed by atoms with E-state index in [4.69, 9.17) is 41.0 Å². The Morgan fingerprint density at radius 3 is 1.57 bits per heavy atom. The molecule has 2 aliphatic rings. The third kappa shape index (κ3) is 16.8. The number of nitrogens with two attached hydrogens (primary N) is 2. The maximum absolute atomic E-state index is 14.4. The maximum Gasteiger partial charge on any atom is 0.325 e. The molecule has 2 saturated heterocycles. The molecule has 0 saturated carbocycles. The monoisotopic (exact) mass is 1320 g/mol. The van der Waals surface area contributed by atoms with E-state index in [0.717, 1.165) is 22.3 Å². The Balaban J connectivity index is 0.000000238. The summed E-state index contributed by atoms with van der Waals surface area (Å²) in [5, 5.41) is 27.2. The van der Waals surface area contributed by atoms with E-state index in [-0.39, 0.29) is 75.8 Å². The molecule has 8 aromatic rings. The summed E-state index contributed by atoms with van der Waals surface area (Å²) in [5.41, 5.74) is 17.1. The molecule has 0 unspecified atom stereocenters. The minimum absolute atomic E-state index is 0. The lowest BCUT2D eigenvalue weighted by atomic mass is 10.1. The number of halogens is 4. The molecule has 0 aliphatic carbocycles. The van der Waals surface area contributed by atoms with Crippen LogP contribution in [0.3, 0.4) is 0 Å². The SMILES string of the molecule is C.Cc1ncc(-c2ccc3c(c2)c(C(N)=S)nn3CC(=O)N2C[C@H](F)C[C@H]2C(=O)Nc2cccc(Br)n2)cn1.Cc1ncc(-c2ccc3c(c2)c(C(N)=S)nn3CC(=O)O)cn1.O=C(Nc1cccc(Br)n1)[C@@H]1C[C@@H](F)CN1.S.S=S. The van der Waals surface area contributed by atoms with E-state index in [1.54, 1.807) is 80.2 Å². The van der Waals surface area contributed by atoms with E-state index < -0.39 is 42.2 Å². The summed E-state index contributed by atoms with van der Waals surface area (Å²) in [6, 6.07) is 19.9. The van der Waals surface area contributed by atoms with Crippen molar-refractivity contribution in [2.45, 2.75) is 71.6 Å². The predicted molar refractivity (Wildman–Crippen MR) is 330 cm³/mol. The van der Waals surface area contributed by atoms with Crippen LogP contribution < -0.4 is 27.4 Å². The molecule has 6 aromatic heterocycles. The van der Waals surface area contributed by atoms with Crippen molar-refractivity contribution in [2.75, 3.05) is 23.7 Å². The number of aromatic nitrogens is 10. The number of carbonyl (C=O) groups is 4. The van der Waals surface area contributed by atoms with Gasteiger partial charge in [0.05, 0.1) is 23.6 Å². The number of amides is 3. The Bertz CT molecular complexity index is 3590. The number of pyridine rings is 2. The minimum atomic E-state index is -1.33. The van der Waals surface area contributed by atoms with Crippen molar-refractivity contribution in [2.24, 2.45) is 11.5 Å². The number of benzene rings is 2. The number of hydrogen-bond donors (Lipinski definition) is 6. The summed E-state index contributed by atoms with van der Waals surface area (Å²) >= 11 is 24.0. The fourth-order valence-electron chi connectivity index (χ4n) is 8.33. The van der Waals surface area contributed by atoms with Crippen molar-refractivity contribution in [1.82, 2.24) is 59.7 Å². The van der Waals surface area contributed by atoms with E-state index in [2.05, 4.69) is 110 Å². The summed E-state index contributed by atoms with van der Waals surface area (Å²) in [6.45, 7) is 3.18. The van der Waals surface area contributed by atoms with Gasteiger partial charge in [-0.15, -0.1) is 0 Å². The van der Waals surface area contributed by atoms with Crippen LogP contribution in [0.2, 0.25) is 0 Å². The van der Waals surface area contributed by atoms with Crippen molar-refractivity contribution in [1.29, 1.82) is 0 Å². The van der Waals surface area contributed by atoms with Gasteiger partial charge in [-0.25, -0.2) is 38.7 Å². The second-order valence-corrected chi connectivity index (χ2v) is 20.0. The Morgan fingerprint density at radius 1 is 0.691 bits per heavy atom. The van der Waals surface area contributed by atoms with E-state index in [1.807, 2.05) is 31.2 Å². The molecular formula is C51H52Br2F2N16O5S5.